The molecule has 1 saturated heterocycles. The molecule has 3 aliphatic rings. The van der Waals surface area contributed by atoms with Crippen LogP contribution >= 0.6 is 0 Å². The van der Waals surface area contributed by atoms with Crippen molar-refractivity contribution in [3.05, 3.63) is 0 Å². The molecule has 1 heterocycles. The van der Waals surface area contributed by atoms with E-state index in [-0.39, 0.29) is 5.54 Å². The first kappa shape index (κ1) is 12.0. The van der Waals surface area contributed by atoms with Gasteiger partial charge in [-0.1, -0.05) is 6.42 Å². The van der Waals surface area contributed by atoms with Gasteiger partial charge in [-0.3, -0.25) is 0 Å². The Morgan fingerprint density at radius 2 is 2.12 bits per heavy atom. The van der Waals surface area contributed by atoms with Gasteiger partial charge in [0.25, 0.3) is 0 Å². The summed E-state index contributed by atoms with van der Waals surface area (Å²) in [5, 5.41) is 3.56. The molecule has 0 aromatic rings. The Morgan fingerprint density at radius 1 is 1.29 bits per heavy atom. The molecule has 0 aromatic heterocycles. The van der Waals surface area contributed by atoms with Crippen molar-refractivity contribution in [3.63, 3.8) is 0 Å². The Bertz CT molecular complexity index is 406. The van der Waals surface area contributed by atoms with E-state index in [0.29, 0.717) is 11.5 Å². The van der Waals surface area contributed by atoms with E-state index in [1.807, 2.05) is 0 Å². The molecule has 98 valence electrons. The van der Waals surface area contributed by atoms with Crippen LogP contribution in [-0.4, -0.2) is 32.0 Å². The molecule has 1 aliphatic heterocycles. The van der Waals surface area contributed by atoms with Crippen molar-refractivity contribution < 1.29 is 8.42 Å². The van der Waals surface area contributed by atoms with Gasteiger partial charge in [-0.15, -0.1) is 0 Å². The van der Waals surface area contributed by atoms with Crippen LogP contribution in [-0.2, 0) is 9.84 Å². The minimum absolute atomic E-state index is 0.152. The van der Waals surface area contributed by atoms with Gasteiger partial charge in [-0.25, -0.2) is 8.42 Å². The SMILES string of the molecule is CC1(NCC2CC3CCC2C3)CCS(=O)(=O)C1. The van der Waals surface area contributed by atoms with Crippen LogP contribution in [0, 0.1) is 17.8 Å². The molecule has 0 radical (unpaired) electrons. The highest BCUT2D eigenvalue weighted by Crippen LogP contribution is 2.48. The quantitative estimate of drug-likeness (QED) is 0.835. The fourth-order valence-electron chi connectivity index (χ4n) is 4.15. The van der Waals surface area contributed by atoms with Crippen LogP contribution in [0.15, 0.2) is 0 Å². The number of fused-ring (bicyclic) bond motifs is 2. The first-order valence-electron chi connectivity index (χ1n) is 6.91. The van der Waals surface area contributed by atoms with E-state index in [1.165, 1.54) is 25.7 Å². The van der Waals surface area contributed by atoms with E-state index in [4.69, 9.17) is 0 Å². The van der Waals surface area contributed by atoms with E-state index in [1.54, 1.807) is 0 Å². The molecule has 2 saturated carbocycles. The average Bonchev–Trinajstić information content (AvgIpc) is 2.90. The van der Waals surface area contributed by atoms with Crippen molar-refractivity contribution in [3.8, 4) is 0 Å². The highest BCUT2D eigenvalue weighted by molar-refractivity contribution is 7.91. The number of nitrogens with one attached hydrogen (secondary N) is 1. The van der Waals surface area contributed by atoms with Gasteiger partial charge in [0.2, 0.25) is 0 Å². The smallest absolute Gasteiger partial charge is 0.152 e. The lowest BCUT2D eigenvalue weighted by Crippen LogP contribution is -2.46. The van der Waals surface area contributed by atoms with Crippen molar-refractivity contribution >= 4 is 9.84 Å². The third kappa shape index (κ3) is 2.39. The molecule has 4 heteroatoms. The summed E-state index contributed by atoms with van der Waals surface area (Å²) >= 11 is 0. The predicted octanol–water partition coefficient (Wildman–Crippen LogP) is 1.59. The second-order valence-corrected chi connectivity index (χ2v) is 8.90. The molecular formula is C13H23NO2S. The Hall–Kier alpha value is -0.0900. The van der Waals surface area contributed by atoms with Crippen molar-refractivity contribution in [2.75, 3.05) is 18.1 Å². The Morgan fingerprint density at radius 3 is 2.65 bits per heavy atom. The summed E-state index contributed by atoms with van der Waals surface area (Å²) in [7, 11) is -2.77. The molecule has 2 bridgehead atoms. The number of sulfone groups is 1. The van der Waals surface area contributed by atoms with Crippen LogP contribution in [0.25, 0.3) is 0 Å². The lowest BCUT2D eigenvalue weighted by atomic mass is 9.88. The molecule has 3 nitrogen and oxygen atoms in total. The maximum absolute atomic E-state index is 11.5. The standard InChI is InChI=1S/C13H23NO2S/c1-13(4-5-17(15,16)9-13)14-8-12-7-10-2-3-11(12)6-10/h10-12,14H,2-9H2,1H3. The molecule has 0 aromatic carbocycles. The first-order chi connectivity index (χ1) is 7.96. The summed E-state index contributed by atoms with van der Waals surface area (Å²) in [6.45, 7) is 3.11. The fraction of sp³-hybridized carbons (Fsp3) is 1.00. The van der Waals surface area contributed by atoms with Crippen LogP contribution in [0.1, 0.15) is 39.0 Å². The second-order valence-electron chi connectivity index (χ2n) is 6.72. The van der Waals surface area contributed by atoms with E-state index < -0.39 is 9.84 Å². The third-order valence-corrected chi connectivity index (χ3v) is 7.08. The van der Waals surface area contributed by atoms with Crippen LogP contribution in [0.5, 0.6) is 0 Å². The van der Waals surface area contributed by atoms with Gasteiger partial charge in [-0.2, -0.15) is 0 Å². The minimum Gasteiger partial charge on any atom is -0.310 e. The van der Waals surface area contributed by atoms with Gasteiger partial charge < -0.3 is 5.32 Å². The number of rotatable bonds is 3. The van der Waals surface area contributed by atoms with Gasteiger partial charge in [-0.05, 0) is 56.9 Å². The van der Waals surface area contributed by atoms with Crippen LogP contribution < -0.4 is 5.32 Å². The Balaban J connectivity index is 1.55. The Kier molecular flexibility index (Phi) is 2.78. The van der Waals surface area contributed by atoms with E-state index in [2.05, 4.69) is 12.2 Å². The molecular weight excluding hydrogens is 234 g/mol. The van der Waals surface area contributed by atoms with E-state index in [9.17, 15) is 8.42 Å². The molecule has 0 amide bonds. The molecule has 4 unspecified atom stereocenters. The van der Waals surface area contributed by atoms with Gasteiger partial charge in [0, 0.05) is 5.54 Å². The first-order valence-corrected chi connectivity index (χ1v) is 8.73. The zero-order valence-corrected chi connectivity index (χ0v) is 11.4. The molecule has 0 spiro atoms. The zero-order valence-electron chi connectivity index (χ0n) is 10.6. The number of hydrogen-bond acceptors (Lipinski definition) is 3. The van der Waals surface area contributed by atoms with Crippen molar-refractivity contribution in [1.29, 1.82) is 0 Å². The topological polar surface area (TPSA) is 46.2 Å². The molecule has 4 atom stereocenters. The molecule has 1 N–H and O–H groups in total. The minimum atomic E-state index is -2.77. The molecule has 3 fully saturated rings. The maximum atomic E-state index is 11.5. The third-order valence-electron chi connectivity index (χ3n) is 5.18. The van der Waals surface area contributed by atoms with Crippen LogP contribution in [0.4, 0.5) is 0 Å². The lowest BCUT2D eigenvalue weighted by Gasteiger charge is -2.29. The lowest BCUT2D eigenvalue weighted by molar-refractivity contribution is 0.280. The normalized spacial score (nSPS) is 47.7. The summed E-state index contributed by atoms with van der Waals surface area (Å²) in [5.74, 6) is 3.42. The highest BCUT2D eigenvalue weighted by atomic mass is 32.2. The summed E-state index contributed by atoms with van der Waals surface area (Å²) in [6.07, 6.45) is 6.44. The highest BCUT2D eigenvalue weighted by Gasteiger charge is 2.42. The summed E-state index contributed by atoms with van der Waals surface area (Å²) in [5.41, 5.74) is -0.152. The van der Waals surface area contributed by atoms with Crippen molar-refractivity contribution in [2.24, 2.45) is 17.8 Å². The average molecular weight is 257 g/mol. The van der Waals surface area contributed by atoms with Crippen LogP contribution in [0.3, 0.4) is 0 Å². The zero-order chi connectivity index (χ0) is 12.1. The second kappa shape index (κ2) is 3.95. The fourth-order valence-corrected chi connectivity index (χ4v) is 6.28. The predicted molar refractivity (Wildman–Crippen MR) is 68.6 cm³/mol. The summed E-state index contributed by atoms with van der Waals surface area (Å²) < 4.78 is 23.1. The molecule has 3 rings (SSSR count). The van der Waals surface area contributed by atoms with Gasteiger partial charge in [0.15, 0.2) is 9.84 Å². The van der Waals surface area contributed by atoms with E-state index >= 15 is 0 Å². The van der Waals surface area contributed by atoms with Gasteiger partial charge in [0.05, 0.1) is 11.5 Å². The van der Waals surface area contributed by atoms with Crippen LogP contribution in [0.2, 0.25) is 0 Å². The maximum Gasteiger partial charge on any atom is 0.152 e. The van der Waals surface area contributed by atoms with Gasteiger partial charge in [0.1, 0.15) is 0 Å². The van der Waals surface area contributed by atoms with Gasteiger partial charge >= 0.3 is 0 Å². The van der Waals surface area contributed by atoms with Crippen molar-refractivity contribution in [2.45, 2.75) is 44.6 Å². The summed E-state index contributed by atoms with van der Waals surface area (Å²) in [4.78, 5) is 0. The molecule has 2 aliphatic carbocycles. The number of hydrogen-bond donors (Lipinski definition) is 1. The molecule has 17 heavy (non-hydrogen) atoms. The monoisotopic (exact) mass is 257 g/mol. The summed E-state index contributed by atoms with van der Waals surface area (Å²) in [6, 6.07) is 0. The van der Waals surface area contributed by atoms with E-state index in [0.717, 1.165) is 30.7 Å². The van der Waals surface area contributed by atoms with Crippen molar-refractivity contribution in [1.82, 2.24) is 5.32 Å². The Labute approximate surface area is 104 Å². The largest absolute Gasteiger partial charge is 0.310 e.